The Hall–Kier alpha value is -0.980. The number of nitrogen functional groups attached to an aromatic ring is 1. The van der Waals surface area contributed by atoms with E-state index in [2.05, 4.69) is 19.1 Å². The van der Waals surface area contributed by atoms with E-state index in [4.69, 9.17) is 5.73 Å². The summed E-state index contributed by atoms with van der Waals surface area (Å²) in [6.07, 6.45) is 1.34. The van der Waals surface area contributed by atoms with Crippen molar-refractivity contribution in [3.8, 4) is 0 Å². The topological polar surface area (TPSA) is 26.0 Å². The predicted molar refractivity (Wildman–Crippen MR) is 47.4 cm³/mol. The predicted octanol–water partition coefficient (Wildman–Crippen LogP) is 2.39. The fourth-order valence-electron chi connectivity index (χ4n) is 1.58. The van der Waals surface area contributed by atoms with Crippen LogP contribution in [0.1, 0.15) is 24.8 Å². The average Bonchev–Trinajstić information content (AvgIpc) is 2.67. The third kappa shape index (κ3) is 1.23. The Balaban J connectivity index is 2.25. The molecule has 2 atom stereocenters. The molecule has 1 nitrogen and oxygen atoms in total. The molecule has 0 amide bonds. The van der Waals surface area contributed by atoms with Crippen LogP contribution in [0.15, 0.2) is 24.3 Å². The van der Waals surface area contributed by atoms with Crippen molar-refractivity contribution >= 4 is 5.69 Å². The minimum absolute atomic E-state index is 0.790. The molecule has 1 unspecified atom stereocenters. The second kappa shape index (κ2) is 2.26. The van der Waals surface area contributed by atoms with Crippen molar-refractivity contribution < 1.29 is 0 Å². The molecular formula is C10H13N. The zero-order chi connectivity index (χ0) is 7.84. The van der Waals surface area contributed by atoms with Gasteiger partial charge in [0.2, 0.25) is 0 Å². The fraction of sp³-hybridized carbons (Fsp3) is 0.400. The van der Waals surface area contributed by atoms with Gasteiger partial charge in [-0.3, -0.25) is 0 Å². The van der Waals surface area contributed by atoms with Crippen LogP contribution in [0.3, 0.4) is 0 Å². The number of benzene rings is 1. The van der Waals surface area contributed by atoms with Crippen LogP contribution in [-0.4, -0.2) is 0 Å². The summed E-state index contributed by atoms with van der Waals surface area (Å²) < 4.78 is 0. The highest BCUT2D eigenvalue weighted by molar-refractivity contribution is 5.43. The van der Waals surface area contributed by atoms with Crippen molar-refractivity contribution in [1.82, 2.24) is 0 Å². The summed E-state index contributed by atoms with van der Waals surface area (Å²) in [5.41, 5.74) is 7.97. The number of anilines is 1. The molecule has 2 rings (SSSR count). The second-order valence-corrected chi connectivity index (χ2v) is 3.49. The van der Waals surface area contributed by atoms with Gasteiger partial charge in [-0.25, -0.2) is 0 Å². The van der Waals surface area contributed by atoms with E-state index in [1.807, 2.05) is 12.1 Å². The first-order valence-corrected chi connectivity index (χ1v) is 4.13. The zero-order valence-electron chi connectivity index (χ0n) is 6.75. The first-order valence-electron chi connectivity index (χ1n) is 4.13. The maximum Gasteiger partial charge on any atom is 0.0316 e. The maximum atomic E-state index is 5.67. The van der Waals surface area contributed by atoms with Gasteiger partial charge in [-0.15, -0.1) is 0 Å². The number of hydrogen-bond acceptors (Lipinski definition) is 1. The Bertz CT molecular complexity index is 267. The van der Waals surface area contributed by atoms with Crippen LogP contribution >= 0.6 is 0 Å². The minimum atomic E-state index is 0.790. The van der Waals surface area contributed by atoms with E-state index < -0.39 is 0 Å². The molecule has 2 N–H and O–H groups in total. The molecule has 0 radical (unpaired) electrons. The highest BCUT2D eigenvalue weighted by Crippen LogP contribution is 2.46. The van der Waals surface area contributed by atoms with Crippen LogP contribution in [0, 0.1) is 5.92 Å². The lowest BCUT2D eigenvalue weighted by Gasteiger charge is -1.98. The van der Waals surface area contributed by atoms with Crippen LogP contribution in [0.2, 0.25) is 0 Å². The van der Waals surface area contributed by atoms with Crippen LogP contribution in [-0.2, 0) is 0 Å². The van der Waals surface area contributed by atoms with E-state index in [-0.39, 0.29) is 0 Å². The van der Waals surface area contributed by atoms with Gasteiger partial charge in [-0.1, -0.05) is 19.1 Å². The molecule has 0 saturated heterocycles. The van der Waals surface area contributed by atoms with Crippen LogP contribution in [0.25, 0.3) is 0 Å². The van der Waals surface area contributed by atoms with Gasteiger partial charge in [0.25, 0.3) is 0 Å². The molecule has 58 valence electrons. The molecule has 1 aliphatic rings. The molecule has 1 heteroatoms. The van der Waals surface area contributed by atoms with Gasteiger partial charge in [0, 0.05) is 5.69 Å². The minimum Gasteiger partial charge on any atom is -0.399 e. The molecule has 1 aliphatic carbocycles. The van der Waals surface area contributed by atoms with Crippen molar-refractivity contribution in [2.24, 2.45) is 5.92 Å². The van der Waals surface area contributed by atoms with Crippen LogP contribution in [0.4, 0.5) is 5.69 Å². The zero-order valence-corrected chi connectivity index (χ0v) is 6.75. The van der Waals surface area contributed by atoms with E-state index in [1.165, 1.54) is 12.0 Å². The van der Waals surface area contributed by atoms with Crippen LogP contribution < -0.4 is 5.73 Å². The lowest BCUT2D eigenvalue weighted by molar-refractivity contribution is 0.915. The highest BCUT2D eigenvalue weighted by atomic mass is 14.5. The van der Waals surface area contributed by atoms with Gasteiger partial charge in [0.1, 0.15) is 0 Å². The summed E-state index contributed by atoms with van der Waals surface area (Å²) in [6.45, 7) is 2.29. The summed E-state index contributed by atoms with van der Waals surface area (Å²) in [6, 6.07) is 8.24. The summed E-state index contributed by atoms with van der Waals surface area (Å²) >= 11 is 0. The monoisotopic (exact) mass is 147 g/mol. The molecule has 1 aromatic carbocycles. The molecule has 1 saturated carbocycles. The molecule has 11 heavy (non-hydrogen) atoms. The molecule has 0 spiro atoms. The molecule has 1 fully saturated rings. The van der Waals surface area contributed by atoms with E-state index in [0.717, 1.165) is 17.5 Å². The molecule has 0 bridgehead atoms. The van der Waals surface area contributed by atoms with Gasteiger partial charge >= 0.3 is 0 Å². The van der Waals surface area contributed by atoms with Gasteiger partial charge in [0.05, 0.1) is 0 Å². The Morgan fingerprint density at radius 3 is 2.73 bits per heavy atom. The third-order valence-electron chi connectivity index (χ3n) is 2.45. The van der Waals surface area contributed by atoms with Crippen LogP contribution in [0.5, 0.6) is 0 Å². The largest absolute Gasteiger partial charge is 0.399 e. The van der Waals surface area contributed by atoms with Gasteiger partial charge in [-0.2, -0.15) is 0 Å². The van der Waals surface area contributed by atoms with Crippen molar-refractivity contribution in [3.63, 3.8) is 0 Å². The highest BCUT2D eigenvalue weighted by Gasteiger charge is 2.33. The third-order valence-corrected chi connectivity index (χ3v) is 2.45. The van der Waals surface area contributed by atoms with Crippen molar-refractivity contribution in [3.05, 3.63) is 29.8 Å². The second-order valence-electron chi connectivity index (χ2n) is 3.49. The summed E-state index contributed by atoms with van der Waals surface area (Å²) in [5.74, 6) is 1.66. The molecule has 0 aromatic heterocycles. The first kappa shape index (κ1) is 6.71. The SMILES string of the molecule is CC1C[C@@H]1c1cccc(N)c1. The Morgan fingerprint density at radius 2 is 2.18 bits per heavy atom. The molecule has 0 heterocycles. The smallest absolute Gasteiger partial charge is 0.0316 e. The summed E-state index contributed by atoms with van der Waals surface area (Å²) in [7, 11) is 0. The summed E-state index contributed by atoms with van der Waals surface area (Å²) in [4.78, 5) is 0. The fourth-order valence-corrected chi connectivity index (χ4v) is 1.58. The van der Waals surface area contributed by atoms with E-state index in [0.29, 0.717) is 0 Å². The maximum absolute atomic E-state index is 5.67. The van der Waals surface area contributed by atoms with Crippen molar-refractivity contribution in [1.29, 1.82) is 0 Å². The number of hydrogen-bond donors (Lipinski definition) is 1. The first-order chi connectivity index (χ1) is 5.27. The summed E-state index contributed by atoms with van der Waals surface area (Å²) in [5, 5.41) is 0. The Kier molecular flexibility index (Phi) is 1.38. The van der Waals surface area contributed by atoms with Gasteiger partial charge in [0.15, 0.2) is 0 Å². The Labute approximate surface area is 67.2 Å². The molecule has 0 aliphatic heterocycles. The lowest BCUT2D eigenvalue weighted by atomic mass is 10.1. The normalized spacial score (nSPS) is 28.5. The lowest BCUT2D eigenvalue weighted by Crippen LogP contribution is -1.86. The van der Waals surface area contributed by atoms with Crippen molar-refractivity contribution in [2.45, 2.75) is 19.3 Å². The quantitative estimate of drug-likeness (QED) is 0.606. The number of rotatable bonds is 1. The molecular weight excluding hydrogens is 134 g/mol. The van der Waals surface area contributed by atoms with E-state index >= 15 is 0 Å². The number of nitrogens with two attached hydrogens (primary N) is 1. The van der Waals surface area contributed by atoms with Gasteiger partial charge in [-0.05, 0) is 36.0 Å². The molecule has 1 aromatic rings. The average molecular weight is 147 g/mol. The van der Waals surface area contributed by atoms with Crippen molar-refractivity contribution in [2.75, 3.05) is 5.73 Å². The Morgan fingerprint density at radius 1 is 1.45 bits per heavy atom. The standard InChI is InChI=1S/C10H13N/c1-7-5-10(7)8-3-2-4-9(11)6-8/h2-4,6-7,10H,5,11H2,1H3/t7?,10-/m0/s1. The van der Waals surface area contributed by atoms with E-state index in [9.17, 15) is 0 Å². The van der Waals surface area contributed by atoms with Gasteiger partial charge < -0.3 is 5.73 Å². The van der Waals surface area contributed by atoms with E-state index in [1.54, 1.807) is 0 Å².